The molecule has 1 unspecified atom stereocenters. The third-order valence-corrected chi connectivity index (χ3v) is 4.64. The minimum atomic E-state index is -0.0283. The number of carbonyl (C=O) groups excluding carboxylic acids is 1. The normalized spacial score (nSPS) is 18.7. The number of hydrogen-bond acceptors (Lipinski definition) is 3. The van der Waals surface area contributed by atoms with E-state index < -0.39 is 0 Å². The molecule has 0 saturated heterocycles. The highest BCUT2D eigenvalue weighted by molar-refractivity contribution is 6.29. The first-order chi connectivity index (χ1) is 11.0. The number of rotatable bonds is 2. The highest BCUT2D eigenvalue weighted by atomic mass is 35.5. The number of ether oxygens (including phenoxy) is 1. The average molecular weight is 329 g/mol. The number of pyridine rings is 1. The summed E-state index contributed by atoms with van der Waals surface area (Å²) in [5.41, 5.74) is 3.76. The second-order valence-corrected chi connectivity index (χ2v) is 6.77. The highest BCUT2D eigenvalue weighted by Gasteiger charge is 2.39. The van der Waals surface area contributed by atoms with Crippen molar-refractivity contribution in [3.8, 4) is 16.9 Å². The Morgan fingerprint density at radius 3 is 2.74 bits per heavy atom. The van der Waals surface area contributed by atoms with Crippen molar-refractivity contribution in [3.63, 3.8) is 0 Å². The molecule has 0 bridgehead atoms. The van der Waals surface area contributed by atoms with Gasteiger partial charge >= 0.3 is 0 Å². The number of aromatic nitrogens is 1. The van der Waals surface area contributed by atoms with Gasteiger partial charge in [0.15, 0.2) is 0 Å². The Labute approximate surface area is 140 Å². The van der Waals surface area contributed by atoms with Gasteiger partial charge in [0.25, 0.3) is 5.91 Å². The van der Waals surface area contributed by atoms with Crippen LogP contribution in [0.4, 0.5) is 0 Å². The third kappa shape index (κ3) is 2.47. The number of fused-ring (bicyclic) bond motifs is 3. The summed E-state index contributed by atoms with van der Waals surface area (Å²) in [4.78, 5) is 18.0. The number of halogens is 1. The van der Waals surface area contributed by atoms with Crippen LogP contribution in [-0.4, -0.2) is 29.9 Å². The van der Waals surface area contributed by atoms with Crippen molar-refractivity contribution in [2.45, 2.75) is 18.9 Å². The van der Waals surface area contributed by atoms with Crippen LogP contribution in [0.3, 0.4) is 0 Å². The average Bonchev–Trinajstić information content (AvgIpc) is 3.37. The van der Waals surface area contributed by atoms with Gasteiger partial charge in [0.05, 0.1) is 0 Å². The number of nitrogens with zero attached hydrogens (tertiary/aromatic N) is 2. The molecule has 2 heterocycles. The van der Waals surface area contributed by atoms with Gasteiger partial charge in [-0.1, -0.05) is 11.6 Å². The Morgan fingerprint density at radius 2 is 2.04 bits per heavy atom. The van der Waals surface area contributed by atoms with Crippen LogP contribution in [0.25, 0.3) is 11.1 Å². The Balaban J connectivity index is 1.83. The molecule has 1 aliphatic carbocycles. The van der Waals surface area contributed by atoms with Gasteiger partial charge in [-0.15, -0.1) is 0 Å². The molecule has 4 rings (SSSR count). The molecule has 0 radical (unpaired) electrons. The van der Waals surface area contributed by atoms with Crippen molar-refractivity contribution in [3.05, 3.63) is 46.7 Å². The molecule has 1 amide bonds. The topological polar surface area (TPSA) is 42.4 Å². The molecule has 1 atom stereocenters. The Hall–Kier alpha value is -2.07. The molecule has 1 aromatic heterocycles. The molecule has 1 saturated carbocycles. The zero-order chi connectivity index (χ0) is 16.1. The lowest BCUT2D eigenvalue weighted by Gasteiger charge is -2.29. The van der Waals surface area contributed by atoms with E-state index in [-0.39, 0.29) is 12.0 Å². The van der Waals surface area contributed by atoms with Crippen LogP contribution >= 0.6 is 11.6 Å². The second kappa shape index (κ2) is 5.24. The molecule has 2 aromatic rings. The van der Waals surface area contributed by atoms with Crippen LogP contribution in [0, 0.1) is 5.92 Å². The Kier molecular flexibility index (Phi) is 3.31. The van der Waals surface area contributed by atoms with E-state index in [1.165, 1.54) is 0 Å². The smallest absolute Gasteiger partial charge is 0.253 e. The Morgan fingerprint density at radius 1 is 1.26 bits per heavy atom. The quantitative estimate of drug-likeness (QED) is 0.784. The lowest BCUT2D eigenvalue weighted by molar-refractivity contribution is 0.0826. The Bertz CT molecular complexity index is 800. The van der Waals surface area contributed by atoms with Crippen LogP contribution in [0.15, 0.2) is 30.5 Å². The number of amides is 1. The monoisotopic (exact) mass is 328 g/mol. The maximum Gasteiger partial charge on any atom is 0.253 e. The van der Waals surface area contributed by atoms with E-state index in [0.717, 1.165) is 35.3 Å². The summed E-state index contributed by atoms with van der Waals surface area (Å²) in [5, 5.41) is 0.487. The molecule has 4 nitrogen and oxygen atoms in total. The maximum absolute atomic E-state index is 12.2. The van der Waals surface area contributed by atoms with Gasteiger partial charge in [-0.05, 0) is 37.1 Å². The number of carbonyl (C=O) groups is 1. The van der Waals surface area contributed by atoms with E-state index >= 15 is 0 Å². The van der Waals surface area contributed by atoms with Gasteiger partial charge in [0, 0.05) is 48.5 Å². The summed E-state index contributed by atoms with van der Waals surface area (Å²) in [6, 6.07) is 7.51. The largest absolute Gasteiger partial charge is 0.485 e. The first-order valence-electron chi connectivity index (χ1n) is 7.73. The van der Waals surface area contributed by atoms with Crippen LogP contribution in [0.5, 0.6) is 5.75 Å². The molecule has 118 valence electrons. The first-order valence-corrected chi connectivity index (χ1v) is 8.10. The molecule has 0 spiro atoms. The lowest BCUT2D eigenvalue weighted by atomic mass is 9.92. The van der Waals surface area contributed by atoms with Crippen molar-refractivity contribution in [2.75, 3.05) is 14.1 Å². The van der Waals surface area contributed by atoms with Crippen molar-refractivity contribution in [1.29, 1.82) is 0 Å². The first kappa shape index (κ1) is 14.5. The van der Waals surface area contributed by atoms with E-state index in [0.29, 0.717) is 16.6 Å². The summed E-state index contributed by atoms with van der Waals surface area (Å²) in [6.07, 6.45) is 4.13. The molecule has 5 heteroatoms. The zero-order valence-electron chi connectivity index (χ0n) is 13.0. The van der Waals surface area contributed by atoms with E-state index in [1.807, 2.05) is 30.5 Å². The molecule has 2 aliphatic rings. The van der Waals surface area contributed by atoms with Crippen LogP contribution < -0.4 is 4.74 Å². The zero-order valence-corrected chi connectivity index (χ0v) is 13.8. The lowest BCUT2D eigenvalue weighted by Crippen LogP contribution is -2.22. The van der Waals surface area contributed by atoms with E-state index in [1.54, 1.807) is 19.0 Å². The van der Waals surface area contributed by atoms with E-state index in [4.69, 9.17) is 16.3 Å². The fourth-order valence-electron chi connectivity index (χ4n) is 3.09. The SMILES string of the molecule is CN(C)C(=O)c1ccc2c(c1)OC(C1CC1)c1cc(Cl)ncc1-2. The molecular formula is C18H17ClN2O2. The molecule has 1 fully saturated rings. The fraction of sp³-hybridized carbons (Fsp3) is 0.333. The molecule has 0 N–H and O–H groups in total. The van der Waals surface area contributed by atoms with E-state index in [9.17, 15) is 4.79 Å². The minimum absolute atomic E-state index is 0.00251. The standard InChI is InChI=1S/C18H17ClN2O2/c1-21(2)18(22)11-5-6-12-14-9-20-16(19)8-13(14)17(10-3-4-10)23-15(12)7-11/h5-10,17H,3-4H2,1-2H3. The predicted octanol–water partition coefficient (Wildman–Crippen LogP) is 3.95. The molecule has 1 aromatic carbocycles. The molecule has 1 aliphatic heterocycles. The van der Waals surface area contributed by atoms with Gasteiger partial charge in [-0.3, -0.25) is 4.79 Å². The summed E-state index contributed by atoms with van der Waals surface area (Å²) >= 11 is 6.08. The minimum Gasteiger partial charge on any atom is -0.485 e. The summed E-state index contributed by atoms with van der Waals surface area (Å²) in [7, 11) is 3.49. The summed E-state index contributed by atoms with van der Waals surface area (Å²) in [5.74, 6) is 1.25. The third-order valence-electron chi connectivity index (χ3n) is 4.44. The summed E-state index contributed by atoms with van der Waals surface area (Å²) in [6.45, 7) is 0. The van der Waals surface area contributed by atoms with Gasteiger partial charge in [-0.2, -0.15) is 0 Å². The number of benzene rings is 1. The second-order valence-electron chi connectivity index (χ2n) is 6.38. The van der Waals surface area contributed by atoms with Gasteiger partial charge in [0.1, 0.15) is 17.0 Å². The molecular weight excluding hydrogens is 312 g/mol. The van der Waals surface area contributed by atoms with Gasteiger partial charge in [-0.25, -0.2) is 4.98 Å². The van der Waals surface area contributed by atoms with Crippen molar-refractivity contribution in [1.82, 2.24) is 9.88 Å². The van der Waals surface area contributed by atoms with Gasteiger partial charge < -0.3 is 9.64 Å². The summed E-state index contributed by atoms with van der Waals surface area (Å²) < 4.78 is 6.25. The maximum atomic E-state index is 12.2. The van der Waals surface area contributed by atoms with Crippen molar-refractivity contribution in [2.24, 2.45) is 5.92 Å². The van der Waals surface area contributed by atoms with Gasteiger partial charge in [0.2, 0.25) is 0 Å². The van der Waals surface area contributed by atoms with Crippen molar-refractivity contribution < 1.29 is 9.53 Å². The number of hydrogen-bond donors (Lipinski definition) is 0. The van der Waals surface area contributed by atoms with E-state index in [2.05, 4.69) is 4.98 Å². The molecule has 23 heavy (non-hydrogen) atoms. The predicted molar refractivity (Wildman–Crippen MR) is 88.8 cm³/mol. The van der Waals surface area contributed by atoms with Crippen LogP contribution in [0.1, 0.15) is 34.9 Å². The van der Waals surface area contributed by atoms with Crippen LogP contribution in [0.2, 0.25) is 5.15 Å². The van der Waals surface area contributed by atoms with Crippen molar-refractivity contribution >= 4 is 17.5 Å². The van der Waals surface area contributed by atoms with Crippen LogP contribution in [-0.2, 0) is 0 Å². The fourth-order valence-corrected chi connectivity index (χ4v) is 3.25. The highest BCUT2D eigenvalue weighted by Crippen LogP contribution is 2.51.